The van der Waals surface area contributed by atoms with Crippen LogP contribution in [0.15, 0.2) is 29.1 Å². The quantitative estimate of drug-likeness (QED) is 0.718. The predicted molar refractivity (Wildman–Crippen MR) is 57.6 cm³/mol. The summed E-state index contributed by atoms with van der Waals surface area (Å²) in [4.78, 5) is 4.17. The van der Waals surface area contributed by atoms with Gasteiger partial charge in [-0.05, 0) is 18.2 Å². The van der Waals surface area contributed by atoms with Gasteiger partial charge in [0.15, 0.2) is 0 Å². The number of thiazole rings is 1. The molecule has 66 valence electrons. The van der Waals surface area contributed by atoms with E-state index in [1.54, 1.807) is 22.9 Å². The van der Waals surface area contributed by atoms with E-state index in [-0.39, 0.29) is 0 Å². The van der Waals surface area contributed by atoms with Gasteiger partial charge >= 0.3 is 0 Å². The maximum absolute atomic E-state index is 5.86. The first kappa shape index (κ1) is 9.00. The summed E-state index contributed by atoms with van der Waals surface area (Å²) in [7, 11) is 0. The second-order valence-electron chi connectivity index (χ2n) is 2.53. The van der Waals surface area contributed by atoms with Crippen LogP contribution in [0.3, 0.4) is 0 Å². The largest absolute Gasteiger partial charge is 0.245 e. The number of hydrogen-bond donors (Lipinski definition) is 0. The molecule has 1 nitrogen and oxygen atoms in total. The van der Waals surface area contributed by atoms with Crippen LogP contribution in [0.1, 0.15) is 0 Å². The maximum atomic E-state index is 5.86. The SMILES string of the molecule is Clc1cc(Cl)cc(-c2cscn2)c1. The summed E-state index contributed by atoms with van der Waals surface area (Å²) >= 11 is 13.3. The van der Waals surface area contributed by atoms with Crippen molar-refractivity contribution in [1.29, 1.82) is 0 Å². The summed E-state index contributed by atoms with van der Waals surface area (Å²) in [6.45, 7) is 0. The molecule has 4 heteroatoms. The van der Waals surface area contributed by atoms with Crippen LogP contribution in [-0.4, -0.2) is 4.98 Å². The van der Waals surface area contributed by atoms with E-state index in [0.717, 1.165) is 11.3 Å². The molecule has 13 heavy (non-hydrogen) atoms. The fourth-order valence-electron chi connectivity index (χ4n) is 1.06. The van der Waals surface area contributed by atoms with Gasteiger partial charge < -0.3 is 0 Å². The average molecular weight is 230 g/mol. The van der Waals surface area contributed by atoms with Crippen molar-refractivity contribution in [2.45, 2.75) is 0 Å². The molecule has 0 unspecified atom stereocenters. The molecule has 0 radical (unpaired) electrons. The third-order valence-corrected chi connectivity index (χ3v) is 2.61. The van der Waals surface area contributed by atoms with E-state index >= 15 is 0 Å². The van der Waals surface area contributed by atoms with E-state index < -0.39 is 0 Å². The minimum atomic E-state index is 0.635. The number of benzene rings is 1. The summed E-state index contributed by atoms with van der Waals surface area (Å²) in [5.74, 6) is 0. The summed E-state index contributed by atoms with van der Waals surface area (Å²) in [5.41, 5.74) is 3.65. The predicted octanol–water partition coefficient (Wildman–Crippen LogP) is 4.12. The number of nitrogens with zero attached hydrogens (tertiary/aromatic N) is 1. The van der Waals surface area contributed by atoms with Gasteiger partial charge in [-0.1, -0.05) is 23.2 Å². The Balaban J connectivity index is 2.53. The molecule has 0 aliphatic heterocycles. The number of aromatic nitrogens is 1. The molecule has 0 atom stereocenters. The van der Waals surface area contributed by atoms with Crippen LogP contribution in [0.25, 0.3) is 11.3 Å². The minimum absolute atomic E-state index is 0.635. The van der Waals surface area contributed by atoms with Gasteiger partial charge in [0.25, 0.3) is 0 Å². The molecule has 2 aromatic rings. The van der Waals surface area contributed by atoms with Crippen molar-refractivity contribution in [1.82, 2.24) is 4.98 Å². The smallest absolute Gasteiger partial charge is 0.0812 e. The first-order valence-electron chi connectivity index (χ1n) is 3.60. The Morgan fingerprint density at radius 3 is 2.31 bits per heavy atom. The van der Waals surface area contributed by atoms with Gasteiger partial charge in [-0.25, -0.2) is 4.98 Å². The van der Waals surface area contributed by atoms with Crippen molar-refractivity contribution in [3.05, 3.63) is 39.1 Å². The van der Waals surface area contributed by atoms with Crippen LogP contribution in [0.2, 0.25) is 10.0 Å². The van der Waals surface area contributed by atoms with Gasteiger partial charge in [0.2, 0.25) is 0 Å². The van der Waals surface area contributed by atoms with Crippen molar-refractivity contribution < 1.29 is 0 Å². The lowest BCUT2D eigenvalue weighted by Crippen LogP contribution is -1.77. The summed E-state index contributed by atoms with van der Waals surface area (Å²) in [5, 5.41) is 3.23. The fourth-order valence-corrected chi connectivity index (χ4v) is 2.14. The molecule has 0 amide bonds. The highest BCUT2D eigenvalue weighted by Gasteiger charge is 2.02. The molecule has 2 rings (SSSR count). The molecule has 0 spiro atoms. The number of hydrogen-bond acceptors (Lipinski definition) is 2. The lowest BCUT2D eigenvalue weighted by atomic mass is 10.2. The van der Waals surface area contributed by atoms with Crippen molar-refractivity contribution >= 4 is 34.5 Å². The zero-order valence-electron chi connectivity index (χ0n) is 6.50. The maximum Gasteiger partial charge on any atom is 0.0812 e. The molecule has 0 fully saturated rings. The molecule has 1 aromatic heterocycles. The first-order valence-corrected chi connectivity index (χ1v) is 5.30. The zero-order chi connectivity index (χ0) is 9.26. The topological polar surface area (TPSA) is 12.9 Å². The monoisotopic (exact) mass is 229 g/mol. The van der Waals surface area contributed by atoms with Crippen molar-refractivity contribution in [3.8, 4) is 11.3 Å². The Hall–Kier alpha value is -0.570. The van der Waals surface area contributed by atoms with E-state index in [1.807, 2.05) is 17.5 Å². The highest BCUT2D eigenvalue weighted by atomic mass is 35.5. The highest BCUT2D eigenvalue weighted by molar-refractivity contribution is 7.07. The third kappa shape index (κ3) is 2.02. The van der Waals surface area contributed by atoms with Crippen LogP contribution in [0.4, 0.5) is 0 Å². The molecule has 1 heterocycles. The summed E-state index contributed by atoms with van der Waals surface area (Å²) in [6, 6.07) is 5.41. The zero-order valence-corrected chi connectivity index (χ0v) is 8.83. The first-order chi connectivity index (χ1) is 6.25. The van der Waals surface area contributed by atoms with E-state index in [1.165, 1.54) is 0 Å². The van der Waals surface area contributed by atoms with Crippen LogP contribution in [0.5, 0.6) is 0 Å². The normalized spacial score (nSPS) is 10.3. The third-order valence-electron chi connectivity index (χ3n) is 1.59. The van der Waals surface area contributed by atoms with Gasteiger partial charge in [-0.2, -0.15) is 0 Å². The van der Waals surface area contributed by atoms with Crippen LogP contribution in [0, 0.1) is 0 Å². The van der Waals surface area contributed by atoms with Gasteiger partial charge in [0.05, 0.1) is 11.2 Å². The van der Waals surface area contributed by atoms with E-state index in [9.17, 15) is 0 Å². The molecular weight excluding hydrogens is 225 g/mol. The van der Waals surface area contributed by atoms with Crippen molar-refractivity contribution in [2.75, 3.05) is 0 Å². The summed E-state index contributed by atoms with van der Waals surface area (Å²) < 4.78 is 0. The molecule has 0 N–H and O–H groups in total. The molecule has 0 aliphatic rings. The molecule has 0 saturated heterocycles. The Kier molecular flexibility index (Phi) is 2.54. The van der Waals surface area contributed by atoms with Crippen LogP contribution < -0.4 is 0 Å². The fraction of sp³-hybridized carbons (Fsp3) is 0. The van der Waals surface area contributed by atoms with Gasteiger partial charge in [-0.15, -0.1) is 11.3 Å². The minimum Gasteiger partial charge on any atom is -0.245 e. The van der Waals surface area contributed by atoms with Gasteiger partial charge in [0, 0.05) is 21.0 Å². The molecule has 0 bridgehead atoms. The average Bonchev–Trinajstić information content (AvgIpc) is 2.53. The van der Waals surface area contributed by atoms with E-state index in [4.69, 9.17) is 23.2 Å². The molecule has 1 aromatic carbocycles. The number of rotatable bonds is 1. The molecule has 0 aliphatic carbocycles. The highest BCUT2D eigenvalue weighted by Crippen LogP contribution is 2.26. The van der Waals surface area contributed by atoms with Gasteiger partial charge in [0.1, 0.15) is 0 Å². The standard InChI is InChI=1S/C9H5Cl2NS/c10-7-1-6(2-8(11)3-7)9-4-13-5-12-9/h1-5H. The lowest BCUT2D eigenvalue weighted by Gasteiger charge is -1.98. The van der Waals surface area contributed by atoms with Gasteiger partial charge in [-0.3, -0.25) is 0 Å². The Morgan fingerprint density at radius 1 is 1.08 bits per heavy atom. The summed E-state index contributed by atoms with van der Waals surface area (Å²) in [6.07, 6.45) is 0. The van der Waals surface area contributed by atoms with E-state index in [0.29, 0.717) is 10.0 Å². The number of halogens is 2. The Morgan fingerprint density at radius 2 is 1.77 bits per heavy atom. The Bertz CT molecular complexity index is 391. The van der Waals surface area contributed by atoms with Crippen LogP contribution in [-0.2, 0) is 0 Å². The molecule has 0 saturated carbocycles. The Labute approximate surface area is 90.0 Å². The molecular formula is C9H5Cl2NS. The second kappa shape index (κ2) is 3.66. The van der Waals surface area contributed by atoms with Crippen LogP contribution >= 0.6 is 34.5 Å². The van der Waals surface area contributed by atoms with E-state index in [2.05, 4.69) is 4.98 Å². The second-order valence-corrected chi connectivity index (χ2v) is 4.12. The van der Waals surface area contributed by atoms with Crippen molar-refractivity contribution in [2.24, 2.45) is 0 Å². The lowest BCUT2D eigenvalue weighted by molar-refractivity contribution is 1.41. The van der Waals surface area contributed by atoms with Crippen molar-refractivity contribution in [3.63, 3.8) is 0 Å².